The van der Waals surface area contributed by atoms with Gasteiger partial charge in [-0.25, -0.2) is 0 Å². The summed E-state index contributed by atoms with van der Waals surface area (Å²) < 4.78 is 39.2. The van der Waals surface area contributed by atoms with Crippen molar-refractivity contribution >= 4 is 40.9 Å². The molecular weight excluding hydrogens is 535 g/mol. The fraction of sp³-hybridized carbons (Fsp3) is 0.286. The van der Waals surface area contributed by atoms with Gasteiger partial charge < -0.3 is 14.7 Å². The molecule has 0 saturated carbocycles. The monoisotopic (exact) mass is 559 g/mol. The van der Waals surface area contributed by atoms with Crippen LogP contribution in [0.4, 0.5) is 18.9 Å². The molecule has 38 heavy (non-hydrogen) atoms. The predicted octanol–water partition coefficient (Wildman–Crippen LogP) is 6.10. The van der Waals surface area contributed by atoms with Gasteiger partial charge in [-0.1, -0.05) is 41.9 Å². The number of alkyl halides is 3. The smallest absolute Gasteiger partial charge is 0.368 e. The molecule has 5 rings (SSSR count). The molecule has 0 unspecified atom stereocenters. The number of benzene rings is 3. The molecule has 2 saturated heterocycles. The molecule has 2 aliphatic heterocycles. The van der Waals surface area contributed by atoms with Crippen molar-refractivity contribution < 1.29 is 22.8 Å². The van der Waals surface area contributed by atoms with Gasteiger partial charge in [-0.15, -0.1) is 11.8 Å². The van der Waals surface area contributed by atoms with Gasteiger partial charge in [0.15, 0.2) is 0 Å². The molecule has 2 heterocycles. The van der Waals surface area contributed by atoms with E-state index in [4.69, 9.17) is 11.6 Å². The maximum atomic E-state index is 13.1. The molecule has 0 radical (unpaired) electrons. The van der Waals surface area contributed by atoms with Crippen molar-refractivity contribution in [3.05, 3.63) is 100 Å². The molecule has 0 N–H and O–H groups in total. The van der Waals surface area contributed by atoms with Crippen molar-refractivity contribution in [2.45, 2.75) is 18.1 Å². The van der Waals surface area contributed by atoms with Crippen LogP contribution in [0.5, 0.6) is 0 Å². The third-order valence-electron chi connectivity index (χ3n) is 6.78. The van der Waals surface area contributed by atoms with Gasteiger partial charge in [0.2, 0.25) is 5.91 Å². The summed E-state index contributed by atoms with van der Waals surface area (Å²) >= 11 is 7.53. The molecule has 0 bridgehead atoms. The zero-order chi connectivity index (χ0) is 26.9. The van der Waals surface area contributed by atoms with Crippen molar-refractivity contribution in [2.75, 3.05) is 36.8 Å². The first-order valence-electron chi connectivity index (χ1n) is 12.2. The van der Waals surface area contributed by atoms with E-state index in [1.165, 1.54) is 6.07 Å². The highest BCUT2D eigenvalue weighted by atomic mass is 35.5. The molecule has 1 atom stereocenters. The fourth-order valence-corrected chi connectivity index (χ4v) is 6.02. The first-order chi connectivity index (χ1) is 18.2. The highest BCUT2D eigenvalue weighted by molar-refractivity contribution is 8.00. The van der Waals surface area contributed by atoms with Gasteiger partial charge in [0.05, 0.1) is 11.3 Å². The normalized spacial score (nSPS) is 18.3. The summed E-state index contributed by atoms with van der Waals surface area (Å²) in [6.07, 6.45) is -4.39. The van der Waals surface area contributed by atoms with E-state index in [1.54, 1.807) is 47.0 Å². The number of halogens is 4. The van der Waals surface area contributed by atoms with Crippen LogP contribution < -0.4 is 4.90 Å². The number of carbonyl (C=O) groups is 2. The lowest BCUT2D eigenvalue weighted by Crippen LogP contribution is -2.48. The van der Waals surface area contributed by atoms with E-state index in [0.717, 1.165) is 23.3 Å². The number of nitrogens with zero attached hydrogens (tertiary/aromatic N) is 3. The Bertz CT molecular complexity index is 1310. The Balaban J connectivity index is 1.21. The topological polar surface area (TPSA) is 43.9 Å². The van der Waals surface area contributed by atoms with Gasteiger partial charge >= 0.3 is 6.18 Å². The molecule has 3 aromatic carbocycles. The van der Waals surface area contributed by atoms with Gasteiger partial charge in [0.25, 0.3) is 5.91 Å². The van der Waals surface area contributed by atoms with Crippen molar-refractivity contribution in [1.29, 1.82) is 0 Å². The second-order valence-electron chi connectivity index (χ2n) is 9.26. The molecule has 2 aliphatic rings. The van der Waals surface area contributed by atoms with E-state index in [9.17, 15) is 22.8 Å². The lowest BCUT2D eigenvalue weighted by atomic mass is 10.1. The molecule has 10 heteroatoms. The van der Waals surface area contributed by atoms with Crippen LogP contribution in [0.25, 0.3) is 0 Å². The Labute approximate surface area is 228 Å². The SMILES string of the molecule is O=C(c1ccc([C@H]2SCC(=O)N2Cc2ccc(Cl)cc2)cc1)N1CCN(c2cccc(C(F)(F)F)c2)CC1. The van der Waals surface area contributed by atoms with Gasteiger partial charge in [0.1, 0.15) is 5.37 Å². The molecule has 2 fully saturated rings. The average Bonchev–Trinajstić information content (AvgIpc) is 3.29. The first-order valence-corrected chi connectivity index (χ1v) is 13.6. The van der Waals surface area contributed by atoms with Crippen LogP contribution in [0.15, 0.2) is 72.8 Å². The Morgan fingerprint density at radius 1 is 0.947 bits per heavy atom. The van der Waals surface area contributed by atoms with Crippen LogP contribution in [-0.2, 0) is 17.5 Å². The Kier molecular flexibility index (Phi) is 7.59. The summed E-state index contributed by atoms with van der Waals surface area (Å²) in [5, 5.41) is 0.503. The van der Waals surface area contributed by atoms with E-state index in [0.29, 0.717) is 54.8 Å². The fourth-order valence-electron chi connectivity index (χ4n) is 4.71. The molecular formula is C28H25ClF3N3O2S. The second kappa shape index (κ2) is 10.9. The minimum Gasteiger partial charge on any atom is -0.368 e. The highest BCUT2D eigenvalue weighted by Gasteiger charge is 2.33. The number of hydrogen-bond donors (Lipinski definition) is 0. The number of thioether (sulfide) groups is 1. The zero-order valence-corrected chi connectivity index (χ0v) is 21.9. The molecule has 0 aromatic heterocycles. The average molecular weight is 560 g/mol. The summed E-state index contributed by atoms with van der Waals surface area (Å²) in [4.78, 5) is 31.1. The van der Waals surface area contributed by atoms with Crippen molar-refractivity contribution in [3.8, 4) is 0 Å². The van der Waals surface area contributed by atoms with E-state index in [1.807, 2.05) is 34.1 Å². The van der Waals surface area contributed by atoms with Gasteiger partial charge in [-0.3, -0.25) is 9.59 Å². The number of anilines is 1. The van der Waals surface area contributed by atoms with E-state index in [-0.39, 0.29) is 17.2 Å². The summed E-state index contributed by atoms with van der Waals surface area (Å²) in [5.74, 6) is 0.344. The van der Waals surface area contributed by atoms with Gasteiger partial charge in [0, 0.05) is 49.0 Å². The third kappa shape index (κ3) is 5.78. The maximum absolute atomic E-state index is 13.1. The molecule has 5 nitrogen and oxygen atoms in total. The van der Waals surface area contributed by atoms with E-state index < -0.39 is 11.7 Å². The minimum atomic E-state index is -4.39. The maximum Gasteiger partial charge on any atom is 0.416 e. The lowest BCUT2D eigenvalue weighted by molar-refractivity contribution is -0.137. The van der Waals surface area contributed by atoms with Crippen LogP contribution in [0.1, 0.15) is 32.4 Å². The molecule has 198 valence electrons. The van der Waals surface area contributed by atoms with E-state index >= 15 is 0 Å². The Hall–Kier alpha value is -3.17. The quantitative estimate of drug-likeness (QED) is 0.379. The molecule has 0 aliphatic carbocycles. The summed E-state index contributed by atoms with van der Waals surface area (Å²) in [6.45, 7) is 2.21. The van der Waals surface area contributed by atoms with Crippen molar-refractivity contribution in [3.63, 3.8) is 0 Å². The zero-order valence-electron chi connectivity index (χ0n) is 20.3. The molecule has 2 amide bonds. The van der Waals surface area contributed by atoms with Gasteiger partial charge in [-0.05, 0) is 53.6 Å². The Morgan fingerprint density at radius 3 is 2.29 bits per heavy atom. The predicted molar refractivity (Wildman–Crippen MR) is 143 cm³/mol. The summed E-state index contributed by atoms with van der Waals surface area (Å²) in [6, 6.07) is 20.0. The van der Waals surface area contributed by atoms with Gasteiger partial charge in [-0.2, -0.15) is 13.2 Å². The van der Waals surface area contributed by atoms with Crippen LogP contribution in [0, 0.1) is 0 Å². The van der Waals surface area contributed by atoms with Crippen LogP contribution in [0.3, 0.4) is 0 Å². The first kappa shape index (κ1) is 26.4. The largest absolute Gasteiger partial charge is 0.416 e. The highest BCUT2D eigenvalue weighted by Crippen LogP contribution is 2.40. The lowest BCUT2D eigenvalue weighted by Gasteiger charge is -2.36. The van der Waals surface area contributed by atoms with Crippen LogP contribution >= 0.6 is 23.4 Å². The summed E-state index contributed by atoms with van der Waals surface area (Å²) in [5.41, 5.74) is 2.30. The van der Waals surface area contributed by atoms with Crippen molar-refractivity contribution in [1.82, 2.24) is 9.80 Å². The minimum absolute atomic E-state index is 0.0637. The molecule has 0 spiro atoms. The number of carbonyl (C=O) groups excluding carboxylic acids is 2. The third-order valence-corrected chi connectivity index (χ3v) is 8.29. The Morgan fingerprint density at radius 2 is 1.63 bits per heavy atom. The number of rotatable bonds is 5. The molecule has 3 aromatic rings. The summed E-state index contributed by atoms with van der Waals surface area (Å²) in [7, 11) is 0. The van der Waals surface area contributed by atoms with E-state index in [2.05, 4.69) is 0 Å². The standard InChI is InChI=1S/C28H25ClF3N3O2S/c29-23-10-4-19(5-11-23)17-35-25(36)18-38-27(35)21-8-6-20(7-9-21)26(37)34-14-12-33(13-15-34)24-3-1-2-22(16-24)28(30,31)32/h1-11,16,27H,12-15,17-18H2/t27-/m1/s1. The number of amides is 2. The number of piperazine rings is 1. The van der Waals surface area contributed by atoms with Crippen LogP contribution in [-0.4, -0.2) is 53.5 Å². The van der Waals surface area contributed by atoms with Crippen LogP contribution in [0.2, 0.25) is 5.02 Å². The second-order valence-corrected chi connectivity index (χ2v) is 10.8. The van der Waals surface area contributed by atoms with Crippen molar-refractivity contribution in [2.24, 2.45) is 0 Å². The number of hydrogen-bond acceptors (Lipinski definition) is 4.